The predicted octanol–water partition coefficient (Wildman–Crippen LogP) is 2.22. The number of carbonyl (C=O) groups is 1. The molecule has 0 saturated carbocycles. The molecule has 0 heterocycles. The van der Waals surface area contributed by atoms with Crippen LogP contribution >= 0.6 is 0 Å². The first-order chi connectivity index (χ1) is 10.5. The van der Waals surface area contributed by atoms with Crippen molar-refractivity contribution in [1.82, 2.24) is 4.72 Å². The van der Waals surface area contributed by atoms with Gasteiger partial charge in [0.1, 0.15) is 0 Å². The van der Waals surface area contributed by atoms with E-state index in [0.29, 0.717) is 5.56 Å². The van der Waals surface area contributed by atoms with Gasteiger partial charge < -0.3 is 0 Å². The van der Waals surface area contributed by atoms with Crippen LogP contribution in [0.15, 0.2) is 59.5 Å². The lowest BCUT2D eigenvalue weighted by atomic mass is 10.1. The standard InChI is InChI=1S/C17H15NO3S/c1-14(19)16-11-9-15(10-12-16)6-5-13-18-22(20,21)17-7-3-2-4-8-17/h2-4,7-12,18H,13H2,1H3. The highest BCUT2D eigenvalue weighted by Gasteiger charge is 2.10. The molecule has 0 aromatic heterocycles. The fourth-order valence-electron chi connectivity index (χ4n) is 1.75. The van der Waals surface area contributed by atoms with Crippen molar-refractivity contribution < 1.29 is 13.2 Å². The van der Waals surface area contributed by atoms with Gasteiger partial charge in [0.15, 0.2) is 5.78 Å². The smallest absolute Gasteiger partial charge is 0.241 e. The zero-order valence-corrected chi connectivity index (χ0v) is 12.9. The van der Waals surface area contributed by atoms with Gasteiger partial charge in [0.25, 0.3) is 0 Å². The Kier molecular flexibility index (Phi) is 5.10. The molecule has 2 rings (SSSR count). The summed E-state index contributed by atoms with van der Waals surface area (Å²) in [5, 5.41) is 0. The Morgan fingerprint density at radius 3 is 2.27 bits per heavy atom. The number of hydrogen-bond acceptors (Lipinski definition) is 3. The molecule has 2 aromatic rings. The molecule has 0 saturated heterocycles. The molecule has 0 atom stereocenters. The van der Waals surface area contributed by atoms with Gasteiger partial charge in [-0.2, -0.15) is 4.72 Å². The number of Topliss-reactive ketones (excluding diaryl/α,β-unsaturated/α-hetero) is 1. The van der Waals surface area contributed by atoms with Crippen LogP contribution in [0, 0.1) is 11.8 Å². The normalized spacial score (nSPS) is 10.6. The predicted molar refractivity (Wildman–Crippen MR) is 85.0 cm³/mol. The molecule has 0 radical (unpaired) electrons. The number of hydrogen-bond donors (Lipinski definition) is 1. The summed E-state index contributed by atoms with van der Waals surface area (Å²) in [6.45, 7) is 1.52. The summed E-state index contributed by atoms with van der Waals surface area (Å²) in [5.74, 6) is 5.59. The highest BCUT2D eigenvalue weighted by atomic mass is 32.2. The average Bonchev–Trinajstić information content (AvgIpc) is 2.53. The molecule has 1 N–H and O–H groups in total. The van der Waals surface area contributed by atoms with E-state index in [1.807, 2.05) is 0 Å². The molecule has 0 amide bonds. The Hall–Kier alpha value is -2.42. The zero-order chi connectivity index (χ0) is 16.0. The van der Waals surface area contributed by atoms with Crippen LogP contribution in [0.3, 0.4) is 0 Å². The van der Waals surface area contributed by atoms with Crippen molar-refractivity contribution in [3.8, 4) is 11.8 Å². The number of benzene rings is 2. The largest absolute Gasteiger partial charge is 0.295 e. The SMILES string of the molecule is CC(=O)c1ccc(C#CCNS(=O)(=O)c2ccccc2)cc1. The fourth-order valence-corrected chi connectivity index (χ4v) is 2.69. The molecule has 0 unspecified atom stereocenters. The van der Waals surface area contributed by atoms with Crippen LogP contribution in [0.2, 0.25) is 0 Å². The summed E-state index contributed by atoms with van der Waals surface area (Å²) in [7, 11) is -3.53. The van der Waals surface area contributed by atoms with Crippen molar-refractivity contribution in [2.24, 2.45) is 0 Å². The second kappa shape index (κ2) is 7.03. The second-order valence-electron chi connectivity index (χ2n) is 4.57. The maximum absolute atomic E-state index is 11.9. The quantitative estimate of drug-likeness (QED) is 0.695. The Balaban J connectivity index is 1.98. The summed E-state index contributed by atoms with van der Waals surface area (Å²) in [4.78, 5) is 11.4. The number of carbonyl (C=O) groups excluding carboxylic acids is 1. The molecule has 0 aliphatic carbocycles. The van der Waals surface area contributed by atoms with E-state index < -0.39 is 10.0 Å². The topological polar surface area (TPSA) is 63.2 Å². The van der Waals surface area contributed by atoms with E-state index in [1.165, 1.54) is 19.1 Å². The fraction of sp³-hybridized carbons (Fsp3) is 0.118. The molecule has 0 spiro atoms. The van der Waals surface area contributed by atoms with Gasteiger partial charge in [0.2, 0.25) is 10.0 Å². The molecule has 0 bridgehead atoms. The summed E-state index contributed by atoms with van der Waals surface area (Å²) in [5.41, 5.74) is 1.35. The molecule has 22 heavy (non-hydrogen) atoms. The lowest BCUT2D eigenvalue weighted by Gasteiger charge is -2.02. The van der Waals surface area contributed by atoms with Crippen LogP contribution in [-0.2, 0) is 10.0 Å². The molecule has 0 aliphatic rings. The van der Waals surface area contributed by atoms with Crippen molar-refractivity contribution in [2.45, 2.75) is 11.8 Å². The molecular formula is C17H15NO3S. The van der Waals surface area contributed by atoms with Crippen molar-refractivity contribution in [2.75, 3.05) is 6.54 Å². The Morgan fingerprint density at radius 2 is 1.68 bits per heavy atom. The van der Waals surface area contributed by atoms with Crippen LogP contribution in [0.1, 0.15) is 22.8 Å². The van der Waals surface area contributed by atoms with Gasteiger partial charge in [0, 0.05) is 11.1 Å². The zero-order valence-electron chi connectivity index (χ0n) is 12.0. The number of nitrogens with one attached hydrogen (secondary N) is 1. The molecule has 4 nitrogen and oxygen atoms in total. The average molecular weight is 313 g/mol. The Labute approximate surface area is 130 Å². The van der Waals surface area contributed by atoms with E-state index in [1.54, 1.807) is 42.5 Å². The molecule has 112 valence electrons. The molecule has 0 aliphatic heterocycles. The highest BCUT2D eigenvalue weighted by molar-refractivity contribution is 7.89. The van der Waals surface area contributed by atoms with Crippen molar-refractivity contribution in [3.05, 3.63) is 65.7 Å². The van der Waals surface area contributed by atoms with E-state index >= 15 is 0 Å². The lowest BCUT2D eigenvalue weighted by Crippen LogP contribution is -2.23. The van der Waals surface area contributed by atoms with Gasteiger partial charge in [-0.15, -0.1) is 0 Å². The maximum Gasteiger partial charge on any atom is 0.241 e. The molecule has 5 heteroatoms. The first kappa shape index (κ1) is 16.0. The summed E-state index contributed by atoms with van der Waals surface area (Å²) < 4.78 is 26.3. The van der Waals surface area contributed by atoms with Crippen LogP contribution in [0.4, 0.5) is 0 Å². The van der Waals surface area contributed by atoms with Crippen molar-refractivity contribution in [1.29, 1.82) is 0 Å². The third kappa shape index (κ3) is 4.29. The third-order valence-electron chi connectivity index (χ3n) is 2.93. The Morgan fingerprint density at radius 1 is 1.05 bits per heavy atom. The van der Waals surface area contributed by atoms with Crippen molar-refractivity contribution >= 4 is 15.8 Å². The van der Waals surface area contributed by atoms with Crippen LogP contribution in [0.5, 0.6) is 0 Å². The van der Waals surface area contributed by atoms with Gasteiger partial charge in [-0.05, 0) is 31.2 Å². The summed E-state index contributed by atoms with van der Waals surface area (Å²) >= 11 is 0. The van der Waals surface area contributed by atoms with Gasteiger partial charge in [0.05, 0.1) is 11.4 Å². The van der Waals surface area contributed by atoms with Crippen LogP contribution in [-0.4, -0.2) is 20.7 Å². The highest BCUT2D eigenvalue weighted by Crippen LogP contribution is 2.06. The number of rotatable bonds is 4. The lowest BCUT2D eigenvalue weighted by molar-refractivity contribution is 0.101. The van der Waals surface area contributed by atoms with Gasteiger partial charge >= 0.3 is 0 Å². The van der Waals surface area contributed by atoms with Crippen LogP contribution in [0.25, 0.3) is 0 Å². The first-order valence-corrected chi connectivity index (χ1v) is 8.12. The first-order valence-electron chi connectivity index (χ1n) is 6.63. The second-order valence-corrected chi connectivity index (χ2v) is 6.34. The third-order valence-corrected chi connectivity index (χ3v) is 4.35. The summed E-state index contributed by atoms with van der Waals surface area (Å²) in [6, 6.07) is 15.0. The van der Waals surface area contributed by atoms with Crippen molar-refractivity contribution in [3.63, 3.8) is 0 Å². The molecule has 2 aromatic carbocycles. The van der Waals surface area contributed by atoms with E-state index in [0.717, 1.165) is 5.56 Å². The van der Waals surface area contributed by atoms with E-state index in [2.05, 4.69) is 16.6 Å². The monoisotopic (exact) mass is 313 g/mol. The van der Waals surface area contributed by atoms with E-state index in [9.17, 15) is 13.2 Å². The molecule has 0 fully saturated rings. The molecular weight excluding hydrogens is 298 g/mol. The van der Waals surface area contributed by atoms with Gasteiger partial charge in [-0.1, -0.05) is 42.2 Å². The van der Waals surface area contributed by atoms with E-state index in [4.69, 9.17) is 0 Å². The minimum atomic E-state index is -3.53. The summed E-state index contributed by atoms with van der Waals surface area (Å²) in [6.07, 6.45) is 0. The number of ketones is 1. The maximum atomic E-state index is 11.9. The number of sulfonamides is 1. The minimum Gasteiger partial charge on any atom is -0.295 e. The van der Waals surface area contributed by atoms with Gasteiger partial charge in [-0.3, -0.25) is 4.79 Å². The van der Waals surface area contributed by atoms with Gasteiger partial charge in [-0.25, -0.2) is 8.42 Å². The van der Waals surface area contributed by atoms with Crippen LogP contribution < -0.4 is 4.72 Å². The van der Waals surface area contributed by atoms with E-state index in [-0.39, 0.29) is 17.2 Å². The Bertz CT molecular complexity index is 814. The minimum absolute atomic E-state index is 0.00451.